The van der Waals surface area contributed by atoms with Crippen LogP contribution in [0.25, 0.3) is 0 Å². The number of nitrogens with zero attached hydrogens (tertiary/aromatic N) is 2. The van der Waals surface area contributed by atoms with Gasteiger partial charge in [0.15, 0.2) is 0 Å². The smallest absolute Gasteiger partial charge is 0.304 e. The van der Waals surface area contributed by atoms with Crippen LogP contribution in [0.2, 0.25) is 0 Å². The third-order valence-electron chi connectivity index (χ3n) is 3.40. The van der Waals surface area contributed by atoms with Gasteiger partial charge in [0.1, 0.15) is 0 Å². The van der Waals surface area contributed by atoms with E-state index in [-0.39, 0.29) is 18.4 Å². The summed E-state index contributed by atoms with van der Waals surface area (Å²) in [6, 6.07) is 0.383. The summed E-state index contributed by atoms with van der Waals surface area (Å²) in [6.45, 7) is 1.98. The standard InChI is InChI=1S/C12H19N3O2/c1-2-10(13)9(5-12(16)17)11-6-14-7-15(11)8-3-4-8/h6-10H,2-5,13H2,1H3,(H,16,17). The van der Waals surface area contributed by atoms with Crippen molar-refractivity contribution in [3.05, 3.63) is 18.2 Å². The molecule has 3 N–H and O–H groups in total. The molecule has 2 unspecified atom stereocenters. The van der Waals surface area contributed by atoms with E-state index >= 15 is 0 Å². The van der Waals surface area contributed by atoms with Gasteiger partial charge in [0, 0.05) is 29.9 Å². The van der Waals surface area contributed by atoms with E-state index in [1.165, 1.54) is 0 Å². The van der Waals surface area contributed by atoms with Crippen molar-refractivity contribution in [1.82, 2.24) is 9.55 Å². The molecule has 5 nitrogen and oxygen atoms in total. The molecular weight excluding hydrogens is 218 g/mol. The van der Waals surface area contributed by atoms with Crippen LogP contribution in [0.1, 0.15) is 50.3 Å². The molecule has 17 heavy (non-hydrogen) atoms. The predicted octanol–water partition coefficient (Wildman–Crippen LogP) is 1.51. The number of aliphatic carboxylic acids is 1. The minimum absolute atomic E-state index is 0.0768. The first-order valence-electron chi connectivity index (χ1n) is 6.12. The fraction of sp³-hybridized carbons (Fsp3) is 0.667. The molecule has 1 aliphatic rings. The van der Waals surface area contributed by atoms with Crippen molar-refractivity contribution in [2.24, 2.45) is 5.73 Å². The molecule has 2 rings (SSSR count). The molecule has 1 aromatic rings. The van der Waals surface area contributed by atoms with Crippen LogP contribution in [-0.2, 0) is 4.79 Å². The first kappa shape index (κ1) is 12.1. The second-order valence-corrected chi connectivity index (χ2v) is 4.73. The fourth-order valence-electron chi connectivity index (χ4n) is 2.21. The van der Waals surface area contributed by atoms with E-state index in [0.29, 0.717) is 6.04 Å². The highest BCUT2D eigenvalue weighted by Gasteiger charge is 2.30. The van der Waals surface area contributed by atoms with E-state index in [4.69, 9.17) is 10.8 Å². The van der Waals surface area contributed by atoms with Crippen molar-refractivity contribution in [2.45, 2.75) is 50.6 Å². The zero-order valence-electron chi connectivity index (χ0n) is 10.0. The van der Waals surface area contributed by atoms with Crippen molar-refractivity contribution < 1.29 is 9.90 Å². The highest BCUT2D eigenvalue weighted by atomic mass is 16.4. The lowest BCUT2D eigenvalue weighted by Gasteiger charge is -2.22. The summed E-state index contributed by atoms with van der Waals surface area (Å²) < 4.78 is 2.10. The van der Waals surface area contributed by atoms with Crippen LogP contribution in [0, 0.1) is 0 Å². The Morgan fingerprint density at radius 1 is 1.71 bits per heavy atom. The predicted molar refractivity (Wildman–Crippen MR) is 63.8 cm³/mol. The van der Waals surface area contributed by atoms with Crippen molar-refractivity contribution in [1.29, 1.82) is 0 Å². The Labute approximate surface area is 101 Å². The zero-order chi connectivity index (χ0) is 12.4. The first-order chi connectivity index (χ1) is 8.13. The van der Waals surface area contributed by atoms with E-state index in [1.54, 1.807) is 12.5 Å². The molecule has 0 amide bonds. The number of rotatable bonds is 6. The summed E-state index contributed by atoms with van der Waals surface area (Å²) in [4.78, 5) is 15.1. The van der Waals surface area contributed by atoms with Crippen molar-refractivity contribution >= 4 is 5.97 Å². The molecule has 0 aliphatic heterocycles. The van der Waals surface area contributed by atoms with Gasteiger partial charge in [-0.2, -0.15) is 0 Å². The normalized spacial score (nSPS) is 18.9. The Morgan fingerprint density at radius 3 is 2.94 bits per heavy atom. The Kier molecular flexibility index (Phi) is 3.47. The maximum absolute atomic E-state index is 10.9. The van der Waals surface area contributed by atoms with Crippen LogP contribution in [0.3, 0.4) is 0 Å². The molecule has 1 aromatic heterocycles. The van der Waals surface area contributed by atoms with Crippen LogP contribution in [0.5, 0.6) is 0 Å². The van der Waals surface area contributed by atoms with Gasteiger partial charge in [-0.25, -0.2) is 4.98 Å². The third kappa shape index (κ3) is 2.66. The lowest BCUT2D eigenvalue weighted by atomic mass is 9.91. The molecule has 1 aliphatic carbocycles. The molecule has 5 heteroatoms. The number of imidazole rings is 1. The summed E-state index contributed by atoms with van der Waals surface area (Å²) >= 11 is 0. The number of hydrogen-bond acceptors (Lipinski definition) is 3. The second-order valence-electron chi connectivity index (χ2n) is 4.73. The zero-order valence-corrected chi connectivity index (χ0v) is 10.0. The average molecular weight is 237 g/mol. The van der Waals surface area contributed by atoms with Gasteiger partial charge in [-0.3, -0.25) is 4.79 Å². The fourth-order valence-corrected chi connectivity index (χ4v) is 2.21. The molecule has 1 fully saturated rings. The van der Waals surface area contributed by atoms with E-state index < -0.39 is 5.97 Å². The van der Waals surface area contributed by atoms with Gasteiger partial charge in [0.2, 0.25) is 0 Å². The monoisotopic (exact) mass is 237 g/mol. The van der Waals surface area contributed by atoms with Crippen LogP contribution < -0.4 is 5.73 Å². The molecule has 2 atom stereocenters. The van der Waals surface area contributed by atoms with Crippen molar-refractivity contribution in [3.63, 3.8) is 0 Å². The molecule has 0 bridgehead atoms. The van der Waals surface area contributed by atoms with Crippen LogP contribution >= 0.6 is 0 Å². The average Bonchev–Trinajstić information content (AvgIpc) is 3.03. The number of carboxylic acid groups (broad SMARTS) is 1. The van der Waals surface area contributed by atoms with Gasteiger partial charge < -0.3 is 15.4 Å². The molecular formula is C12H19N3O2. The molecule has 0 spiro atoms. The molecule has 1 saturated carbocycles. The van der Waals surface area contributed by atoms with Gasteiger partial charge in [-0.15, -0.1) is 0 Å². The largest absolute Gasteiger partial charge is 0.481 e. The summed E-state index contributed by atoms with van der Waals surface area (Å²) in [5.74, 6) is -0.942. The van der Waals surface area contributed by atoms with Gasteiger partial charge in [-0.1, -0.05) is 6.92 Å². The molecule has 0 radical (unpaired) electrons. The highest BCUT2D eigenvalue weighted by molar-refractivity contribution is 5.68. The Hall–Kier alpha value is -1.36. The van der Waals surface area contributed by atoms with Gasteiger partial charge in [0.05, 0.1) is 12.7 Å². The van der Waals surface area contributed by atoms with Crippen LogP contribution in [-0.4, -0.2) is 26.7 Å². The number of carboxylic acids is 1. The molecule has 1 heterocycles. The minimum Gasteiger partial charge on any atom is -0.481 e. The van der Waals surface area contributed by atoms with Crippen LogP contribution in [0.15, 0.2) is 12.5 Å². The van der Waals surface area contributed by atoms with E-state index in [1.807, 2.05) is 6.92 Å². The van der Waals surface area contributed by atoms with E-state index in [9.17, 15) is 4.79 Å². The SMILES string of the molecule is CCC(N)C(CC(=O)O)c1cncn1C1CC1. The number of aromatic nitrogens is 2. The maximum Gasteiger partial charge on any atom is 0.304 e. The summed E-state index contributed by atoms with van der Waals surface area (Å²) in [7, 11) is 0. The second kappa shape index (κ2) is 4.87. The maximum atomic E-state index is 10.9. The number of hydrogen-bond donors (Lipinski definition) is 2. The summed E-state index contributed by atoms with van der Waals surface area (Å²) in [6.07, 6.45) is 6.72. The van der Waals surface area contributed by atoms with Crippen LogP contribution in [0.4, 0.5) is 0 Å². The topological polar surface area (TPSA) is 81.1 Å². The Bertz CT molecular complexity index is 398. The highest BCUT2D eigenvalue weighted by Crippen LogP contribution is 2.38. The third-order valence-corrected chi connectivity index (χ3v) is 3.40. The summed E-state index contributed by atoms with van der Waals surface area (Å²) in [5.41, 5.74) is 7.02. The number of nitrogens with two attached hydrogens (primary N) is 1. The number of carbonyl (C=O) groups is 1. The molecule has 0 saturated heterocycles. The van der Waals surface area contributed by atoms with Crippen molar-refractivity contribution in [3.8, 4) is 0 Å². The summed E-state index contributed by atoms with van der Waals surface area (Å²) in [5, 5.41) is 8.99. The Balaban J connectivity index is 2.23. The first-order valence-corrected chi connectivity index (χ1v) is 6.12. The Morgan fingerprint density at radius 2 is 2.41 bits per heavy atom. The van der Waals surface area contributed by atoms with E-state index in [2.05, 4.69) is 9.55 Å². The quantitative estimate of drug-likeness (QED) is 0.785. The molecule has 0 aromatic carbocycles. The molecule has 94 valence electrons. The van der Waals surface area contributed by atoms with Crippen molar-refractivity contribution in [2.75, 3.05) is 0 Å². The van der Waals surface area contributed by atoms with Gasteiger partial charge in [-0.05, 0) is 19.3 Å². The van der Waals surface area contributed by atoms with E-state index in [0.717, 1.165) is 25.0 Å². The lowest BCUT2D eigenvalue weighted by molar-refractivity contribution is -0.137. The minimum atomic E-state index is -0.803. The van der Waals surface area contributed by atoms with Gasteiger partial charge in [0.25, 0.3) is 0 Å². The van der Waals surface area contributed by atoms with Gasteiger partial charge >= 0.3 is 5.97 Å². The lowest BCUT2D eigenvalue weighted by Crippen LogP contribution is -2.30.